The molecule has 0 aliphatic carbocycles. The lowest BCUT2D eigenvalue weighted by Crippen LogP contribution is -2.31. The number of nitrogens with zero attached hydrogens (tertiary/aromatic N) is 2. The minimum absolute atomic E-state index is 0.823. The third kappa shape index (κ3) is 11.7. The van der Waals surface area contributed by atoms with Crippen molar-refractivity contribution >= 4 is 0 Å². The van der Waals surface area contributed by atoms with Crippen molar-refractivity contribution in [2.45, 2.75) is 117 Å². The van der Waals surface area contributed by atoms with Crippen molar-refractivity contribution in [2.75, 3.05) is 0 Å². The molecule has 0 amide bonds. The van der Waals surface area contributed by atoms with Crippen LogP contribution in [0.25, 0.3) is 0 Å². The summed E-state index contributed by atoms with van der Waals surface area (Å²) in [7, 11) is 0. The molecule has 0 spiro atoms. The maximum atomic E-state index is 2.36. The number of imidazole rings is 1. The van der Waals surface area contributed by atoms with E-state index in [0.717, 1.165) is 5.92 Å². The fourth-order valence-electron chi connectivity index (χ4n) is 3.34. The van der Waals surface area contributed by atoms with Crippen LogP contribution in [-0.4, -0.2) is 4.57 Å². The molecule has 0 aromatic carbocycles. The van der Waals surface area contributed by atoms with Crippen LogP contribution in [0.4, 0.5) is 0 Å². The van der Waals surface area contributed by atoms with Gasteiger partial charge in [-0.2, -0.15) is 0 Å². The molecule has 0 fully saturated rings. The van der Waals surface area contributed by atoms with Gasteiger partial charge in [0.2, 0.25) is 6.33 Å². The minimum atomic E-state index is 0.823. The van der Waals surface area contributed by atoms with Gasteiger partial charge in [-0.3, -0.25) is 0 Å². The van der Waals surface area contributed by atoms with Gasteiger partial charge in [-0.25, -0.2) is 9.13 Å². The van der Waals surface area contributed by atoms with Gasteiger partial charge in [-0.05, 0) is 31.6 Å². The van der Waals surface area contributed by atoms with E-state index in [0.29, 0.717) is 0 Å². The molecule has 1 heterocycles. The molecule has 0 N–H and O–H groups in total. The van der Waals surface area contributed by atoms with Gasteiger partial charge in [0.05, 0.1) is 13.1 Å². The van der Waals surface area contributed by atoms with E-state index >= 15 is 0 Å². The van der Waals surface area contributed by atoms with Gasteiger partial charge >= 0.3 is 0 Å². The second-order valence-corrected chi connectivity index (χ2v) is 7.96. The van der Waals surface area contributed by atoms with Crippen molar-refractivity contribution in [3.63, 3.8) is 0 Å². The van der Waals surface area contributed by atoms with E-state index < -0.39 is 0 Å². The fourth-order valence-corrected chi connectivity index (χ4v) is 3.34. The summed E-state index contributed by atoms with van der Waals surface area (Å²) in [6.07, 6.45) is 25.0. The van der Waals surface area contributed by atoms with Gasteiger partial charge < -0.3 is 0 Å². The van der Waals surface area contributed by atoms with Gasteiger partial charge in [0.15, 0.2) is 0 Å². The van der Waals surface area contributed by atoms with Crippen LogP contribution in [0.15, 0.2) is 18.7 Å². The SMILES string of the molecule is CCCCCCCCCCCCCn1cc[n+](CCCC(C)C)c1. The lowest BCUT2D eigenvalue weighted by atomic mass is 10.1. The predicted molar refractivity (Wildman–Crippen MR) is 105 cm³/mol. The summed E-state index contributed by atoms with van der Waals surface area (Å²) in [5, 5.41) is 0. The Balaban J connectivity index is 1.91. The molecule has 0 saturated carbocycles. The number of hydrogen-bond acceptors (Lipinski definition) is 0. The standard InChI is InChI=1S/C22H43N2/c1-4-5-6-7-8-9-10-11-12-13-14-17-23-19-20-24(21-23)18-15-16-22(2)3/h19-22H,4-18H2,1-3H3/q+1. The van der Waals surface area contributed by atoms with Crippen LogP contribution in [0.3, 0.4) is 0 Å². The van der Waals surface area contributed by atoms with Crippen molar-refractivity contribution in [1.29, 1.82) is 0 Å². The third-order valence-electron chi connectivity index (χ3n) is 4.96. The van der Waals surface area contributed by atoms with Crippen molar-refractivity contribution in [3.8, 4) is 0 Å². The van der Waals surface area contributed by atoms with Crippen molar-refractivity contribution in [3.05, 3.63) is 18.7 Å². The highest BCUT2D eigenvalue weighted by Gasteiger charge is 2.04. The molecule has 0 aliphatic rings. The zero-order valence-corrected chi connectivity index (χ0v) is 16.8. The average Bonchev–Trinajstić information content (AvgIpc) is 3.00. The predicted octanol–water partition coefficient (Wildman–Crippen LogP) is 6.52. The first-order valence-electron chi connectivity index (χ1n) is 10.8. The zero-order valence-electron chi connectivity index (χ0n) is 16.8. The van der Waals surface area contributed by atoms with Crippen LogP contribution in [0, 0.1) is 5.92 Å². The summed E-state index contributed by atoms with van der Waals surface area (Å²) >= 11 is 0. The Morgan fingerprint density at radius 2 is 1.38 bits per heavy atom. The van der Waals surface area contributed by atoms with Gasteiger partial charge in [0.1, 0.15) is 12.4 Å². The highest BCUT2D eigenvalue weighted by Crippen LogP contribution is 2.11. The largest absolute Gasteiger partial charge is 0.243 e. The van der Waals surface area contributed by atoms with Crippen molar-refractivity contribution in [2.24, 2.45) is 5.92 Å². The second kappa shape index (κ2) is 14.5. The quantitative estimate of drug-likeness (QED) is 0.240. The molecule has 0 bridgehead atoms. The van der Waals surface area contributed by atoms with E-state index in [-0.39, 0.29) is 0 Å². The Labute approximate surface area is 151 Å². The van der Waals surface area contributed by atoms with Crippen LogP contribution < -0.4 is 4.57 Å². The lowest BCUT2D eigenvalue weighted by Gasteiger charge is -2.02. The van der Waals surface area contributed by atoms with Crippen LogP contribution in [0.2, 0.25) is 0 Å². The van der Waals surface area contributed by atoms with Gasteiger partial charge in [-0.1, -0.05) is 78.6 Å². The Hall–Kier alpha value is -0.790. The molecule has 1 aromatic heterocycles. The van der Waals surface area contributed by atoms with Crippen LogP contribution in [0.5, 0.6) is 0 Å². The van der Waals surface area contributed by atoms with E-state index in [2.05, 4.69) is 48.6 Å². The first-order valence-corrected chi connectivity index (χ1v) is 10.8. The van der Waals surface area contributed by atoms with E-state index in [1.165, 1.54) is 96.6 Å². The molecule has 140 valence electrons. The maximum absolute atomic E-state index is 2.36. The summed E-state index contributed by atoms with van der Waals surface area (Å²) < 4.78 is 4.71. The molecular formula is C22H43N2+. The fraction of sp³-hybridized carbons (Fsp3) is 0.864. The Morgan fingerprint density at radius 3 is 1.96 bits per heavy atom. The summed E-state index contributed by atoms with van der Waals surface area (Å²) in [5.74, 6) is 0.823. The number of aromatic nitrogens is 2. The molecule has 0 atom stereocenters. The Morgan fingerprint density at radius 1 is 0.792 bits per heavy atom. The molecule has 1 aromatic rings. The highest BCUT2D eigenvalue weighted by molar-refractivity contribution is 4.66. The van der Waals surface area contributed by atoms with Crippen LogP contribution in [-0.2, 0) is 13.1 Å². The van der Waals surface area contributed by atoms with Crippen molar-refractivity contribution < 1.29 is 4.57 Å². The first kappa shape index (κ1) is 21.3. The minimum Gasteiger partial charge on any atom is -0.237 e. The monoisotopic (exact) mass is 335 g/mol. The summed E-state index contributed by atoms with van der Waals surface area (Å²) in [5.41, 5.74) is 0. The molecule has 2 heteroatoms. The number of unbranched alkanes of at least 4 members (excludes halogenated alkanes) is 10. The normalized spacial score (nSPS) is 11.5. The molecule has 0 aliphatic heterocycles. The zero-order chi connectivity index (χ0) is 17.5. The maximum Gasteiger partial charge on any atom is 0.243 e. The van der Waals surface area contributed by atoms with E-state index in [1.54, 1.807) is 0 Å². The first-order chi connectivity index (χ1) is 11.7. The van der Waals surface area contributed by atoms with Crippen LogP contribution >= 0.6 is 0 Å². The summed E-state index contributed by atoms with van der Waals surface area (Å²) in [6, 6.07) is 0. The van der Waals surface area contributed by atoms with Crippen LogP contribution in [0.1, 0.15) is 104 Å². The Kier molecular flexibility index (Phi) is 12.9. The molecule has 0 unspecified atom stereocenters. The number of hydrogen-bond donors (Lipinski definition) is 0. The summed E-state index contributed by atoms with van der Waals surface area (Å²) in [6.45, 7) is 9.27. The van der Waals surface area contributed by atoms with Gasteiger partial charge in [0, 0.05) is 0 Å². The van der Waals surface area contributed by atoms with Gasteiger partial charge in [-0.15, -0.1) is 0 Å². The molecule has 2 nitrogen and oxygen atoms in total. The van der Waals surface area contributed by atoms with E-state index in [4.69, 9.17) is 0 Å². The second-order valence-electron chi connectivity index (χ2n) is 7.96. The van der Waals surface area contributed by atoms with Crippen molar-refractivity contribution in [1.82, 2.24) is 4.57 Å². The highest BCUT2D eigenvalue weighted by atomic mass is 15.1. The number of aryl methyl sites for hydroxylation is 2. The third-order valence-corrected chi connectivity index (χ3v) is 4.96. The smallest absolute Gasteiger partial charge is 0.237 e. The summed E-state index contributed by atoms with van der Waals surface area (Å²) in [4.78, 5) is 0. The van der Waals surface area contributed by atoms with E-state index in [1.807, 2.05) is 0 Å². The average molecular weight is 336 g/mol. The molecule has 0 saturated heterocycles. The topological polar surface area (TPSA) is 8.81 Å². The molecule has 24 heavy (non-hydrogen) atoms. The molecule has 1 rings (SSSR count). The molecule has 0 radical (unpaired) electrons. The van der Waals surface area contributed by atoms with E-state index in [9.17, 15) is 0 Å². The lowest BCUT2D eigenvalue weighted by molar-refractivity contribution is -0.697. The number of rotatable bonds is 16. The Bertz CT molecular complexity index is 381. The van der Waals surface area contributed by atoms with Gasteiger partial charge in [0.25, 0.3) is 0 Å². The molecular weight excluding hydrogens is 292 g/mol.